The molecule has 6 heteroatoms. The molecule has 1 aliphatic carbocycles. The smallest absolute Gasteiger partial charge is 0.152 e. The van der Waals surface area contributed by atoms with Gasteiger partial charge in [-0.2, -0.15) is 0 Å². The molecule has 1 aliphatic heterocycles. The molecular weight excluding hydrogens is 264 g/mol. The van der Waals surface area contributed by atoms with E-state index in [1.807, 2.05) is 7.05 Å². The fraction of sp³-hybridized carbons (Fsp3) is 1.00. The molecule has 0 amide bonds. The molecule has 2 aliphatic rings. The van der Waals surface area contributed by atoms with E-state index in [-0.39, 0.29) is 11.3 Å². The van der Waals surface area contributed by atoms with Crippen LogP contribution in [0.15, 0.2) is 0 Å². The summed E-state index contributed by atoms with van der Waals surface area (Å²) in [5, 5.41) is 0. The SMILES string of the molecule is CN(CCOCC1CC1)C1(CN)CCCS(=O)(=O)C1. The molecule has 2 rings (SSSR count). The first-order valence-corrected chi connectivity index (χ1v) is 8.99. The highest BCUT2D eigenvalue weighted by molar-refractivity contribution is 7.91. The molecule has 19 heavy (non-hydrogen) atoms. The summed E-state index contributed by atoms with van der Waals surface area (Å²) < 4.78 is 29.3. The van der Waals surface area contributed by atoms with Crippen LogP contribution in [0.3, 0.4) is 0 Å². The van der Waals surface area contributed by atoms with E-state index in [9.17, 15) is 8.42 Å². The molecule has 0 aromatic heterocycles. The molecule has 0 spiro atoms. The number of hydrogen-bond acceptors (Lipinski definition) is 5. The Morgan fingerprint density at radius 1 is 1.42 bits per heavy atom. The number of rotatable bonds is 7. The van der Waals surface area contributed by atoms with Crippen molar-refractivity contribution in [2.45, 2.75) is 31.2 Å². The van der Waals surface area contributed by atoms with Crippen LogP contribution >= 0.6 is 0 Å². The summed E-state index contributed by atoms with van der Waals surface area (Å²) >= 11 is 0. The summed E-state index contributed by atoms with van der Waals surface area (Å²) in [5.74, 6) is 1.26. The molecule has 2 N–H and O–H groups in total. The van der Waals surface area contributed by atoms with Crippen molar-refractivity contribution in [3.8, 4) is 0 Å². The average molecular weight is 290 g/mol. The van der Waals surface area contributed by atoms with Crippen LogP contribution in [0.25, 0.3) is 0 Å². The van der Waals surface area contributed by atoms with Crippen LogP contribution in [0.4, 0.5) is 0 Å². The van der Waals surface area contributed by atoms with Gasteiger partial charge >= 0.3 is 0 Å². The van der Waals surface area contributed by atoms with E-state index in [0.29, 0.717) is 25.3 Å². The second kappa shape index (κ2) is 6.08. The number of nitrogens with two attached hydrogens (primary N) is 1. The van der Waals surface area contributed by atoms with Crippen molar-refractivity contribution in [3.63, 3.8) is 0 Å². The molecule has 1 saturated carbocycles. The molecule has 112 valence electrons. The minimum atomic E-state index is -2.94. The van der Waals surface area contributed by atoms with E-state index in [1.165, 1.54) is 12.8 Å². The Hall–Kier alpha value is -0.170. The third kappa shape index (κ3) is 4.15. The number of hydrogen-bond donors (Lipinski definition) is 1. The second-order valence-electron chi connectivity index (χ2n) is 6.06. The summed E-state index contributed by atoms with van der Waals surface area (Å²) in [6.07, 6.45) is 4.16. The average Bonchev–Trinajstić information content (AvgIpc) is 3.17. The van der Waals surface area contributed by atoms with Gasteiger partial charge < -0.3 is 10.5 Å². The molecule has 1 heterocycles. The van der Waals surface area contributed by atoms with Gasteiger partial charge in [-0.05, 0) is 38.6 Å². The number of likely N-dealkylation sites (N-methyl/N-ethyl adjacent to an activating group) is 1. The number of nitrogens with zero attached hydrogens (tertiary/aromatic N) is 1. The Morgan fingerprint density at radius 2 is 2.16 bits per heavy atom. The Labute approximate surface area is 116 Å². The predicted octanol–water partition coefficient (Wildman–Crippen LogP) is 0.251. The van der Waals surface area contributed by atoms with E-state index in [2.05, 4.69) is 4.90 Å². The standard InChI is InChI=1S/C13H26N2O3S/c1-15(6-7-18-9-12-3-4-12)13(10-14)5-2-8-19(16,17)11-13/h12H,2-11,14H2,1H3. The normalized spacial score (nSPS) is 30.7. The molecule has 0 aromatic carbocycles. The van der Waals surface area contributed by atoms with Gasteiger partial charge in [0, 0.05) is 25.2 Å². The van der Waals surface area contributed by atoms with Crippen LogP contribution in [0.2, 0.25) is 0 Å². The fourth-order valence-corrected chi connectivity index (χ4v) is 4.80. The minimum Gasteiger partial charge on any atom is -0.380 e. The highest BCUT2D eigenvalue weighted by Gasteiger charge is 2.40. The van der Waals surface area contributed by atoms with Crippen LogP contribution in [-0.4, -0.2) is 63.7 Å². The molecule has 1 atom stereocenters. The Morgan fingerprint density at radius 3 is 2.74 bits per heavy atom. The summed E-state index contributed by atoms with van der Waals surface area (Å²) in [7, 11) is -0.978. The zero-order valence-corrected chi connectivity index (χ0v) is 12.6. The van der Waals surface area contributed by atoms with Gasteiger partial charge in [0.2, 0.25) is 0 Å². The largest absolute Gasteiger partial charge is 0.380 e. The third-order valence-corrected chi connectivity index (χ3v) is 6.29. The monoisotopic (exact) mass is 290 g/mol. The van der Waals surface area contributed by atoms with Crippen molar-refractivity contribution in [1.29, 1.82) is 0 Å². The quantitative estimate of drug-likeness (QED) is 0.681. The van der Waals surface area contributed by atoms with Crippen LogP contribution < -0.4 is 5.73 Å². The van der Waals surface area contributed by atoms with Gasteiger partial charge in [0.1, 0.15) is 0 Å². The Bertz CT molecular complexity index is 395. The fourth-order valence-electron chi connectivity index (χ4n) is 2.77. The maximum atomic E-state index is 11.8. The Balaban J connectivity index is 1.83. The molecule has 0 aromatic rings. The number of ether oxygens (including phenoxy) is 1. The molecule has 5 nitrogen and oxygen atoms in total. The zero-order valence-electron chi connectivity index (χ0n) is 11.8. The van der Waals surface area contributed by atoms with E-state index in [4.69, 9.17) is 10.5 Å². The molecule has 2 fully saturated rings. The highest BCUT2D eigenvalue weighted by Crippen LogP contribution is 2.29. The van der Waals surface area contributed by atoms with Crippen molar-refractivity contribution in [2.24, 2.45) is 11.7 Å². The van der Waals surface area contributed by atoms with Gasteiger partial charge in [-0.3, -0.25) is 4.90 Å². The third-order valence-electron chi connectivity index (χ3n) is 4.40. The van der Waals surface area contributed by atoms with Crippen molar-refractivity contribution in [1.82, 2.24) is 4.90 Å². The van der Waals surface area contributed by atoms with Gasteiger partial charge in [-0.15, -0.1) is 0 Å². The van der Waals surface area contributed by atoms with E-state index >= 15 is 0 Å². The van der Waals surface area contributed by atoms with Crippen molar-refractivity contribution in [2.75, 3.05) is 44.9 Å². The van der Waals surface area contributed by atoms with Crippen LogP contribution in [0.1, 0.15) is 25.7 Å². The summed E-state index contributed by atoms with van der Waals surface area (Å²) in [6.45, 7) is 2.65. The van der Waals surface area contributed by atoms with Gasteiger partial charge in [0.05, 0.1) is 18.1 Å². The molecule has 1 saturated heterocycles. The molecule has 0 bridgehead atoms. The summed E-state index contributed by atoms with van der Waals surface area (Å²) in [5.41, 5.74) is 5.49. The highest BCUT2D eigenvalue weighted by atomic mass is 32.2. The first-order chi connectivity index (χ1) is 8.97. The first kappa shape index (κ1) is 15.2. The predicted molar refractivity (Wildman–Crippen MR) is 75.8 cm³/mol. The van der Waals surface area contributed by atoms with Gasteiger partial charge in [0.25, 0.3) is 0 Å². The van der Waals surface area contributed by atoms with Crippen molar-refractivity contribution < 1.29 is 13.2 Å². The maximum absolute atomic E-state index is 11.8. The number of sulfone groups is 1. The second-order valence-corrected chi connectivity index (χ2v) is 8.25. The van der Waals surface area contributed by atoms with E-state index in [0.717, 1.165) is 25.5 Å². The maximum Gasteiger partial charge on any atom is 0.152 e. The van der Waals surface area contributed by atoms with E-state index < -0.39 is 9.84 Å². The summed E-state index contributed by atoms with van der Waals surface area (Å²) in [6, 6.07) is 0. The van der Waals surface area contributed by atoms with Crippen molar-refractivity contribution in [3.05, 3.63) is 0 Å². The van der Waals surface area contributed by atoms with Crippen LogP contribution in [0.5, 0.6) is 0 Å². The van der Waals surface area contributed by atoms with Gasteiger partial charge in [0.15, 0.2) is 9.84 Å². The van der Waals surface area contributed by atoms with Gasteiger partial charge in [-0.25, -0.2) is 8.42 Å². The molecule has 1 unspecified atom stereocenters. The summed E-state index contributed by atoms with van der Waals surface area (Å²) in [4.78, 5) is 2.09. The molecular formula is C13H26N2O3S. The molecule has 0 radical (unpaired) electrons. The zero-order chi connectivity index (χ0) is 13.9. The van der Waals surface area contributed by atoms with E-state index in [1.54, 1.807) is 0 Å². The topological polar surface area (TPSA) is 72.6 Å². The first-order valence-electron chi connectivity index (χ1n) is 7.17. The van der Waals surface area contributed by atoms with Crippen LogP contribution in [0, 0.1) is 5.92 Å². The van der Waals surface area contributed by atoms with Gasteiger partial charge in [-0.1, -0.05) is 0 Å². The van der Waals surface area contributed by atoms with Crippen molar-refractivity contribution >= 4 is 9.84 Å². The lowest BCUT2D eigenvalue weighted by molar-refractivity contribution is 0.0619. The Kier molecular flexibility index (Phi) is 4.87. The lowest BCUT2D eigenvalue weighted by atomic mass is 9.93. The minimum absolute atomic E-state index is 0.190. The van der Waals surface area contributed by atoms with Crippen LogP contribution in [-0.2, 0) is 14.6 Å². The lowest BCUT2D eigenvalue weighted by Gasteiger charge is -2.43. The lowest BCUT2D eigenvalue weighted by Crippen LogP contribution is -2.59.